The molecule has 0 unspecified atom stereocenters. The molecule has 6 nitrogen and oxygen atoms in total. The van der Waals surface area contributed by atoms with Gasteiger partial charge in [0.15, 0.2) is 11.6 Å². The Morgan fingerprint density at radius 2 is 0.707 bits per heavy atom. The third-order valence-electron chi connectivity index (χ3n) is 10.6. The minimum atomic E-state index is -0.722. The standard InChI is InChI=1S/C52H40N2O4/c1-33(55)45(51(57)47-41-25-13-9-21-37(41)29-38-22-10-14-26-42(38)47)31-53-49(35-17-5-3-6-18-35)50(36-19-7-4-8-20-36)54-32-46(34(2)56)52(58)48-43-27-15-11-23-39(43)30-40-24-12-16-28-44(40)48/h3-32,49-50,57-58H,1-2H3/t49-,50-/m0/s1. The zero-order valence-corrected chi connectivity index (χ0v) is 32.1. The summed E-state index contributed by atoms with van der Waals surface area (Å²) >= 11 is 0. The molecule has 8 aromatic carbocycles. The number of aliphatic hydroxyl groups is 2. The number of nitrogens with zero attached hydrogens (tertiary/aromatic N) is 2. The quantitative estimate of drug-likeness (QED) is 0.0594. The first kappa shape index (κ1) is 37.5. The molecule has 8 rings (SSSR count). The number of hydrogen-bond donors (Lipinski definition) is 2. The van der Waals surface area contributed by atoms with E-state index in [2.05, 4.69) is 12.1 Å². The lowest BCUT2D eigenvalue weighted by molar-refractivity contribution is -0.114. The minimum absolute atomic E-state index is 0.0445. The molecule has 0 saturated carbocycles. The van der Waals surface area contributed by atoms with Crippen molar-refractivity contribution in [2.24, 2.45) is 9.98 Å². The smallest absolute Gasteiger partial charge is 0.165 e. The molecule has 2 atom stereocenters. The van der Waals surface area contributed by atoms with Gasteiger partial charge in [0.25, 0.3) is 0 Å². The predicted octanol–water partition coefficient (Wildman–Crippen LogP) is 12.3. The van der Waals surface area contributed by atoms with E-state index in [9.17, 15) is 19.8 Å². The average molecular weight is 757 g/mol. The number of allylic oxidation sites excluding steroid dienone is 2. The largest absolute Gasteiger partial charge is 0.506 e. The van der Waals surface area contributed by atoms with Crippen molar-refractivity contribution in [2.75, 3.05) is 0 Å². The van der Waals surface area contributed by atoms with E-state index in [0.29, 0.717) is 11.1 Å². The Hall–Kier alpha value is -7.44. The first-order valence-electron chi connectivity index (χ1n) is 19.2. The molecule has 2 N–H and O–H groups in total. The molecule has 0 aromatic heterocycles. The van der Waals surface area contributed by atoms with Crippen molar-refractivity contribution in [3.8, 4) is 0 Å². The second-order valence-electron chi connectivity index (χ2n) is 14.3. The molecule has 0 fully saturated rings. The highest BCUT2D eigenvalue weighted by molar-refractivity contribution is 6.22. The average Bonchev–Trinajstić information content (AvgIpc) is 3.25. The van der Waals surface area contributed by atoms with Gasteiger partial charge in [-0.05, 0) is 80.2 Å². The Morgan fingerprint density at radius 3 is 1.00 bits per heavy atom. The SMILES string of the molecule is CC(=O)C(C=N[C@@H](c1ccccc1)[C@@H](N=CC(C(C)=O)=C(O)c1c2ccccc2cc2ccccc12)c1ccccc1)=C(O)c1c2ccccc2cc2ccccc12. The highest BCUT2D eigenvalue weighted by atomic mass is 16.3. The van der Waals surface area contributed by atoms with Crippen LogP contribution in [-0.2, 0) is 9.59 Å². The number of Topliss-reactive ketones (excluding diaryl/α,β-unsaturated/α-hetero) is 2. The maximum absolute atomic E-state index is 13.5. The van der Waals surface area contributed by atoms with Crippen molar-refractivity contribution in [1.29, 1.82) is 0 Å². The van der Waals surface area contributed by atoms with Crippen molar-refractivity contribution in [2.45, 2.75) is 25.9 Å². The predicted molar refractivity (Wildman–Crippen MR) is 239 cm³/mol. The van der Waals surface area contributed by atoms with Crippen molar-refractivity contribution in [3.05, 3.63) is 203 Å². The summed E-state index contributed by atoms with van der Waals surface area (Å²) in [6, 6.07) is 53.0. The van der Waals surface area contributed by atoms with Crippen molar-refractivity contribution < 1.29 is 19.8 Å². The molecular formula is C52H40N2O4. The topological polar surface area (TPSA) is 99.3 Å². The highest BCUT2D eigenvalue weighted by Crippen LogP contribution is 2.38. The van der Waals surface area contributed by atoms with Crippen LogP contribution in [0.25, 0.3) is 54.6 Å². The van der Waals surface area contributed by atoms with Gasteiger partial charge in [-0.2, -0.15) is 0 Å². The van der Waals surface area contributed by atoms with Gasteiger partial charge in [-0.25, -0.2) is 0 Å². The molecule has 0 saturated heterocycles. The van der Waals surface area contributed by atoms with Gasteiger partial charge in [-0.1, -0.05) is 158 Å². The Labute approximate surface area is 336 Å². The van der Waals surface area contributed by atoms with E-state index in [1.165, 1.54) is 26.3 Å². The Kier molecular flexibility index (Phi) is 10.6. The molecule has 6 heteroatoms. The van der Waals surface area contributed by atoms with E-state index >= 15 is 0 Å². The minimum Gasteiger partial charge on any atom is -0.506 e. The van der Waals surface area contributed by atoms with Gasteiger partial charge < -0.3 is 10.2 Å². The monoisotopic (exact) mass is 756 g/mol. The van der Waals surface area contributed by atoms with Crippen LogP contribution >= 0.6 is 0 Å². The first-order valence-corrected chi connectivity index (χ1v) is 19.2. The molecule has 0 amide bonds. The van der Waals surface area contributed by atoms with Gasteiger partial charge in [0, 0.05) is 23.6 Å². The number of benzene rings is 8. The number of rotatable bonds is 11. The molecule has 0 aliphatic heterocycles. The van der Waals surface area contributed by atoms with Gasteiger partial charge in [0.05, 0.1) is 11.1 Å². The van der Waals surface area contributed by atoms with Gasteiger partial charge >= 0.3 is 0 Å². The highest BCUT2D eigenvalue weighted by Gasteiger charge is 2.26. The molecular weight excluding hydrogens is 717 g/mol. The second-order valence-corrected chi connectivity index (χ2v) is 14.3. The zero-order valence-electron chi connectivity index (χ0n) is 32.1. The Balaban J connectivity index is 1.31. The molecule has 0 aliphatic carbocycles. The summed E-state index contributed by atoms with van der Waals surface area (Å²) in [5.41, 5.74) is 2.77. The summed E-state index contributed by atoms with van der Waals surface area (Å²) in [6.45, 7) is 2.83. The van der Waals surface area contributed by atoms with Crippen LogP contribution in [0.2, 0.25) is 0 Å². The maximum atomic E-state index is 13.5. The normalized spacial score (nSPS) is 13.9. The number of carbonyl (C=O) groups is 2. The lowest BCUT2D eigenvalue weighted by atomic mass is 9.92. The number of aliphatic hydroxyl groups excluding tert-OH is 2. The van der Waals surface area contributed by atoms with Crippen LogP contribution in [0.3, 0.4) is 0 Å². The summed E-state index contributed by atoms with van der Waals surface area (Å²) in [7, 11) is 0. The van der Waals surface area contributed by atoms with Crippen LogP contribution in [-0.4, -0.2) is 34.2 Å². The molecule has 282 valence electrons. The van der Waals surface area contributed by atoms with Crippen LogP contribution in [0.15, 0.2) is 191 Å². The van der Waals surface area contributed by atoms with Crippen LogP contribution in [0.4, 0.5) is 0 Å². The fourth-order valence-electron chi connectivity index (χ4n) is 7.75. The van der Waals surface area contributed by atoms with Gasteiger partial charge in [0.1, 0.15) is 23.6 Å². The van der Waals surface area contributed by atoms with E-state index in [-0.39, 0.29) is 34.2 Å². The number of fused-ring (bicyclic) bond motifs is 4. The molecule has 0 bridgehead atoms. The Bertz CT molecular complexity index is 2670. The summed E-state index contributed by atoms with van der Waals surface area (Å²) in [5, 5.41) is 31.2. The molecule has 58 heavy (non-hydrogen) atoms. The summed E-state index contributed by atoms with van der Waals surface area (Å²) < 4.78 is 0. The fourth-order valence-corrected chi connectivity index (χ4v) is 7.75. The molecule has 0 aliphatic rings. The van der Waals surface area contributed by atoms with E-state index in [0.717, 1.165) is 54.2 Å². The number of hydrogen-bond acceptors (Lipinski definition) is 6. The lowest BCUT2D eigenvalue weighted by Gasteiger charge is -2.22. The van der Waals surface area contributed by atoms with Crippen LogP contribution in [0, 0.1) is 0 Å². The van der Waals surface area contributed by atoms with E-state index in [1.807, 2.05) is 158 Å². The van der Waals surface area contributed by atoms with Crippen molar-refractivity contribution >= 4 is 78.6 Å². The first-order chi connectivity index (χ1) is 28.3. The number of carbonyl (C=O) groups excluding carboxylic acids is 2. The van der Waals surface area contributed by atoms with E-state index < -0.39 is 12.1 Å². The zero-order chi connectivity index (χ0) is 40.2. The van der Waals surface area contributed by atoms with Gasteiger partial charge in [0.2, 0.25) is 0 Å². The van der Waals surface area contributed by atoms with Gasteiger partial charge in [-0.15, -0.1) is 0 Å². The van der Waals surface area contributed by atoms with E-state index in [1.54, 1.807) is 0 Å². The molecule has 0 heterocycles. The van der Waals surface area contributed by atoms with Crippen LogP contribution < -0.4 is 0 Å². The maximum Gasteiger partial charge on any atom is 0.165 e. The molecule has 8 aromatic rings. The molecule has 0 radical (unpaired) electrons. The van der Waals surface area contributed by atoms with Crippen LogP contribution in [0.1, 0.15) is 48.2 Å². The third-order valence-corrected chi connectivity index (χ3v) is 10.6. The summed E-state index contributed by atoms with van der Waals surface area (Å²) in [5.74, 6) is -1.08. The van der Waals surface area contributed by atoms with Gasteiger partial charge in [-0.3, -0.25) is 19.6 Å². The summed E-state index contributed by atoms with van der Waals surface area (Å²) in [4.78, 5) is 37.1. The summed E-state index contributed by atoms with van der Waals surface area (Å²) in [6.07, 6.45) is 2.89. The van der Waals surface area contributed by atoms with Crippen molar-refractivity contribution in [1.82, 2.24) is 0 Å². The fraction of sp³-hybridized carbons (Fsp3) is 0.0769. The number of aliphatic imine (C=N–C) groups is 2. The number of ketones is 2. The third kappa shape index (κ3) is 7.31. The molecule has 0 spiro atoms. The Morgan fingerprint density at radius 1 is 0.431 bits per heavy atom. The van der Waals surface area contributed by atoms with E-state index in [4.69, 9.17) is 9.98 Å². The van der Waals surface area contributed by atoms with Crippen LogP contribution in [0.5, 0.6) is 0 Å². The second kappa shape index (κ2) is 16.3. The van der Waals surface area contributed by atoms with Crippen molar-refractivity contribution in [3.63, 3.8) is 0 Å². The lowest BCUT2D eigenvalue weighted by Crippen LogP contribution is -2.12.